The molecular weight excluding hydrogens is 306 g/mol. The number of hydrogen-bond donors (Lipinski definition) is 2. The van der Waals surface area contributed by atoms with E-state index in [9.17, 15) is 0 Å². The minimum absolute atomic E-state index is 0.501. The number of hydrogen-bond acceptors (Lipinski definition) is 5. The molecule has 4 rings (SSSR count). The molecule has 23 heavy (non-hydrogen) atoms. The molecule has 0 bridgehead atoms. The highest BCUT2D eigenvalue weighted by Crippen LogP contribution is 2.34. The van der Waals surface area contributed by atoms with Gasteiger partial charge in [0, 0.05) is 12.0 Å². The second-order valence-electron chi connectivity index (χ2n) is 6.43. The molecule has 6 heteroatoms. The molecule has 0 spiro atoms. The fraction of sp³-hybridized carbons (Fsp3) is 0.471. The number of fused-ring (bicyclic) bond motifs is 1. The van der Waals surface area contributed by atoms with Gasteiger partial charge in [-0.1, -0.05) is 0 Å². The summed E-state index contributed by atoms with van der Waals surface area (Å²) in [6.07, 6.45) is 4.16. The molecule has 2 unspecified atom stereocenters. The molecule has 1 fully saturated rings. The SMILES string of the molecule is Cc1nc(C)c(-c2cc3[nH]c(C4CCNC(C)C4)ncc-3n2)s1. The minimum Gasteiger partial charge on any atom is -0.342 e. The number of thiazole rings is 1. The molecule has 3 aliphatic rings. The van der Waals surface area contributed by atoms with Gasteiger partial charge >= 0.3 is 0 Å². The molecule has 5 nitrogen and oxygen atoms in total. The molecule has 0 amide bonds. The zero-order valence-corrected chi connectivity index (χ0v) is 14.5. The van der Waals surface area contributed by atoms with Crippen molar-refractivity contribution in [2.24, 2.45) is 0 Å². The molecule has 0 aromatic carbocycles. The summed E-state index contributed by atoms with van der Waals surface area (Å²) in [5.41, 5.74) is 4.05. The molecule has 0 saturated carbocycles. The molecule has 1 aromatic rings. The number of aromatic nitrogens is 4. The number of aromatic amines is 1. The second kappa shape index (κ2) is 5.69. The fourth-order valence-electron chi connectivity index (χ4n) is 3.41. The molecule has 1 aromatic heterocycles. The van der Waals surface area contributed by atoms with Gasteiger partial charge in [0.2, 0.25) is 0 Å². The Morgan fingerprint density at radius 3 is 2.83 bits per heavy atom. The van der Waals surface area contributed by atoms with Gasteiger partial charge in [-0.25, -0.2) is 15.0 Å². The Morgan fingerprint density at radius 1 is 1.22 bits per heavy atom. The molecule has 4 heterocycles. The van der Waals surface area contributed by atoms with Crippen molar-refractivity contribution in [2.75, 3.05) is 6.54 Å². The number of piperidine rings is 1. The molecule has 2 atom stereocenters. The summed E-state index contributed by atoms with van der Waals surface area (Å²) in [5.74, 6) is 1.59. The highest BCUT2D eigenvalue weighted by molar-refractivity contribution is 7.15. The van der Waals surface area contributed by atoms with Crippen LogP contribution < -0.4 is 5.32 Å². The van der Waals surface area contributed by atoms with E-state index in [1.807, 2.05) is 20.0 Å². The molecule has 0 aliphatic carbocycles. The third-order valence-electron chi connectivity index (χ3n) is 4.53. The van der Waals surface area contributed by atoms with Crippen molar-refractivity contribution < 1.29 is 0 Å². The smallest absolute Gasteiger partial charge is 0.109 e. The maximum absolute atomic E-state index is 4.72. The zero-order chi connectivity index (χ0) is 16.0. The lowest BCUT2D eigenvalue weighted by molar-refractivity contribution is 0.371. The normalized spacial score (nSPS) is 21.9. The number of nitrogens with zero attached hydrogens (tertiary/aromatic N) is 3. The lowest BCUT2D eigenvalue weighted by atomic mass is 9.92. The maximum atomic E-state index is 4.72. The predicted molar refractivity (Wildman–Crippen MR) is 93.0 cm³/mol. The van der Waals surface area contributed by atoms with E-state index < -0.39 is 0 Å². The van der Waals surface area contributed by atoms with E-state index in [0.717, 1.165) is 57.9 Å². The fourth-order valence-corrected chi connectivity index (χ4v) is 4.29. The van der Waals surface area contributed by atoms with Crippen LogP contribution in [0.3, 0.4) is 0 Å². The molecule has 0 radical (unpaired) electrons. The Labute approximate surface area is 139 Å². The number of aryl methyl sites for hydroxylation is 2. The first-order valence-corrected chi connectivity index (χ1v) is 8.95. The monoisotopic (exact) mass is 327 g/mol. The number of H-pyrrole nitrogens is 1. The number of rotatable bonds is 2. The van der Waals surface area contributed by atoms with Gasteiger partial charge in [-0.15, -0.1) is 11.3 Å². The van der Waals surface area contributed by atoms with E-state index in [2.05, 4.69) is 33.3 Å². The van der Waals surface area contributed by atoms with E-state index in [0.29, 0.717) is 12.0 Å². The molecule has 3 aliphatic heterocycles. The van der Waals surface area contributed by atoms with Crippen LogP contribution in [0, 0.1) is 13.8 Å². The van der Waals surface area contributed by atoms with Crippen LogP contribution in [0.25, 0.3) is 22.0 Å². The topological polar surface area (TPSA) is 66.5 Å². The standard InChI is InChI=1S/C17H21N5S/c1-9-6-12(4-5-18-9)17-19-8-15-13(22-17)7-14(21-15)16-10(2)20-11(3)23-16/h7-9,12,18H,4-6H2,1-3H3,(H,19,22). The van der Waals surface area contributed by atoms with Crippen LogP contribution in [0.2, 0.25) is 0 Å². The molecule has 2 N–H and O–H groups in total. The van der Waals surface area contributed by atoms with Crippen LogP contribution in [-0.4, -0.2) is 32.5 Å². The van der Waals surface area contributed by atoms with Gasteiger partial charge < -0.3 is 10.3 Å². The average Bonchev–Trinajstić information content (AvgIpc) is 3.09. The van der Waals surface area contributed by atoms with Gasteiger partial charge in [0.15, 0.2) is 0 Å². The van der Waals surface area contributed by atoms with E-state index in [-0.39, 0.29) is 0 Å². The molecule has 1 saturated heterocycles. The van der Waals surface area contributed by atoms with Crippen molar-refractivity contribution in [3.63, 3.8) is 0 Å². The summed E-state index contributed by atoms with van der Waals surface area (Å²) in [5, 5.41) is 4.57. The quantitative estimate of drug-likeness (QED) is 0.756. The van der Waals surface area contributed by atoms with E-state index in [1.54, 1.807) is 11.3 Å². The first-order valence-electron chi connectivity index (χ1n) is 8.13. The van der Waals surface area contributed by atoms with Crippen LogP contribution in [0.5, 0.6) is 0 Å². The van der Waals surface area contributed by atoms with E-state index in [4.69, 9.17) is 4.98 Å². The molecular formula is C17H21N5S. The lowest BCUT2D eigenvalue weighted by Crippen LogP contribution is -2.35. The molecule has 120 valence electrons. The maximum Gasteiger partial charge on any atom is 0.109 e. The minimum atomic E-state index is 0.501. The Kier molecular flexibility index (Phi) is 3.66. The Hall–Kier alpha value is -1.79. The average molecular weight is 327 g/mol. The van der Waals surface area contributed by atoms with Gasteiger partial charge in [-0.3, -0.25) is 0 Å². The first kappa shape index (κ1) is 14.8. The summed E-state index contributed by atoms with van der Waals surface area (Å²) in [6, 6.07) is 2.68. The largest absolute Gasteiger partial charge is 0.342 e. The third-order valence-corrected chi connectivity index (χ3v) is 5.63. The van der Waals surface area contributed by atoms with E-state index in [1.165, 1.54) is 0 Å². The van der Waals surface area contributed by atoms with Crippen molar-refractivity contribution >= 4 is 11.3 Å². The Balaban J connectivity index is 1.70. The zero-order valence-electron chi connectivity index (χ0n) is 13.7. The van der Waals surface area contributed by atoms with Gasteiger partial charge in [0.25, 0.3) is 0 Å². The van der Waals surface area contributed by atoms with Crippen molar-refractivity contribution in [1.29, 1.82) is 0 Å². The van der Waals surface area contributed by atoms with E-state index >= 15 is 0 Å². The highest BCUT2D eigenvalue weighted by atomic mass is 32.1. The Morgan fingerprint density at radius 2 is 2.09 bits per heavy atom. The van der Waals surface area contributed by atoms with Crippen LogP contribution in [0.4, 0.5) is 0 Å². The summed E-state index contributed by atoms with van der Waals surface area (Å²) >= 11 is 1.70. The summed E-state index contributed by atoms with van der Waals surface area (Å²) in [6.45, 7) is 7.38. The van der Waals surface area contributed by atoms with Crippen molar-refractivity contribution in [1.82, 2.24) is 25.3 Å². The highest BCUT2D eigenvalue weighted by Gasteiger charge is 2.23. The van der Waals surface area contributed by atoms with Gasteiger partial charge in [-0.05, 0) is 46.2 Å². The van der Waals surface area contributed by atoms with Crippen LogP contribution >= 0.6 is 11.3 Å². The summed E-state index contributed by atoms with van der Waals surface area (Å²) < 4.78 is 0. The lowest BCUT2D eigenvalue weighted by Gasteiger charge is -2.27. The van der Waals surface area contributed by atoms with Crippen LogP contribution in [0.1, 0.15) is 42.2 Å². The van der Waals surface area contributed by atoms with Crippen LogP contribution in [-0.2, 0) is 0 Å². The number of nitrogens with one attached hydrogen (secondary N) is 2. The third kappa shape index (κ3) is 2.77. The predicted octanol–water partition coefficient (Wildman–Crippen LogP) is 3.51. The second-order valence-corrected chi connectivity index (χ2v) is 7.64. The van der Waals surface area contributed by atoms with Crippen molar-refractivity contribution in [3.05, 3.63) is 28.8 Å². The van der Waals surface area contributed by atoms with Crippen molar-refractivity contribution in [3.8, 4) is 22.0 Å². The summed E-state index contributed by atoms with van der Waals surface area (Å²) in [7, 11) is 0. The van der Waals surface area contributed by atoms with Gasteiger partial charge in [-0.2, -0.15) is 0 Å². The Bertz CT molecular complexity index is 805. The van der Waals surface area contributed by atoms with Crippen molar-refractivity contribution in [2.45, 2.75) is 45.6 Å². The summed E-state index contributed by atoms with van der Waals surface area (Å²) in [4.78, 5) is 18.5. The first-order chi connectivity index (χ1) is 11.1. The van der Waals surface area contributed by atoms with Gasteiger partial charge in [0.05, 0.1) is 33.2 Å². The van der Waals surface area contributed by atoms with Crippen LogP contribution in [0.15, 0.2) is 12.3 Å². The van der Waals surface area contributed by atoms with Gasteiger partial charge in [0.1, 0.15) is 11.5 Å².